The number of nitrogen functional groups attached to an aromatic ring is 1. The normalized spacial score (nSPS) is 11.9. The van der Waals surface area contributed by atoms with Gasteiger partial charge in [-0.05, 0) is 28.1 Å². The predicted octanol–water partition coefficient (Wildman–Crippen LogP) is 1.55. The van der Waals surface area contributed by atoms with E-state index in [9.17, 15) is 4.57 Å². The number of rotatable bonds is 2. The monoisotopic (exact) mass is 324 g/mol. The molecule has 2 heterocycles. The smallest absolute Gasteiger partial charge is 0.391 e. The molecule has 4 N–H and O–H groups in total. The van der Waals surface area contributed by atoms with Crippen molar-refractivity contribution in [2.45, 2.75) is 0 Å². The fourth-order valence-electron chi connectivity index (χ4n) is 1.08. The lowest BCUT2D eigenvalue weighted by atomic mass is 10.4. The largest absolute Gasteiger partial charge is 0.446 e. The van der Waals surface area contributed by atoms with Crippen LogP contribution in [0.15, 0.2) is 20.3 Å². The summed E-state index contributed by atoms with van der Waals surface area (Å²) in [5, 5.41) is 0.344. The van der Waals surface area contributed by atoms with Crippen LogP contribution < -0.4 is 11.2 Å². The van der Waals surface area contributed by atoms with Gasteiger partial charge in [0.15, 0.2) is 10.9 Å². The van der Waals surface area contributed by atoms with Gasteiger partial charge in [0.2, 0.25) is 5.50 Å². The zero-order valence-electron chi connectivity index (χ0n) is 7.62. The summed E-state index contributed by atoms with van der Waals surface area (Å²) in [6, 6.07) is 2.66. The average molecular weight is 325 g/mol. The fourth-order valence-corrected chi connectivity index (χ4v) is 2.91. The van der Waals surface area contributed by atoms with Crippen LogP contribution in [-0.2, 0) is 4.57 Å². The van der Waals surface area contributed by atoms with Gasteiger partial charge >= 0.3 is 7.60 Å². The second-order valence-electron chi connectivity index (χ2n) is 2.86. The Labute approximate surface area is 102 Å². The molecule has 0 aliphatic heterocycles. The number of nitrogens with two attached hydrogens (primary N) is 1. The van der Waals surface area contributed by atoms with E-state index in [2.05, 4.69) is 20.9 Å². The van der Waals surface area contributed by atoms with Crippen molar-refractivity contribution in [1.29, 1.82) is 0 Å². The molecule has 0 saturated heterocycles. The molecule has 2 aromatic heterocycles. The van der Waals surface area contributed by atoms with Crippen molar-refractivity contribution in [3.05, 3.63) is 15.9 Å². The number of thiazole rings is 1. The minimum atomic E-state index is -4.36. The van der Waals surface area contributed by atoms with Gasteiger partial charge in [-0.1, -0.05) is 11.3 Å². The second-order valence-corrected chi connectivity index (χ2v) is 6.73. The number of anilines is 1. The Hall–Kier alpha value is -0.660. The molecule has 0 saturated carbocycles. The topological polar surface area (TPSA) is 110 Å². The SMILES string of the molecule is Nc1nc(-c2ccc(P(=O)(O)O)o2)c(Br)s1. The van der Waals surface area contributed by atoms with Crippen LogP contribution >= 0.6 is 34.9 Å². The molecule has 0 amide bonds. The van der Waals surface area contributed by atoms with Gasteiger partial charge in [0.25, 0.3) is 0 Å². The van der Waals surface area contributed by atoms with Gasteiger partial charge in [0.05, 0.1) is 0 Å². The number of nitrogens with zero attached hydrogens (tertiary/aromatic N) is 1. The molecule has 9 heteroatoms. The molecular formula is C7H6BrN2O4PS. The van der Waals surface area contributed by atoms with Gasteiger partial charge in [0, 0.05) is 0 Å². The van der Waals surface area contributed by atoms with Crippen molar-refractivity contribution >= 4 is 45.5 Å². The highest BCUT2D eigenvalue weighted by Gasteiger charge is 2.23. The Bertz CT molecular complexity index is 575. The highest BCUT2D eigenvalue weighted by molar-refractivity contribution is 9.11. The quantitative estimate of drug-likeness (QED) is 0.723. The molecule has 86 valence electrons. The molecule has 0 radical (unpaired) electrons. The Morgan fingerprint density at radius 1 is 1.50 bits per heavy atom. The molecular weight excluding hydrogens is 319 g/mol. The molecule has 0 fully saturated rings. The Morgan fingerprint density at radius 2 is 2.19 bits per heavy atom. The molecule has 6 nitrogen and oxygen atoms in total. The van der Waals surface area contributed by atoms with Gasteiger partial charge < -0.3 is 19.9 Å². The summed E-state index contributed by atoms with van der Waals surface area (Å²) in [6.07, 6.45) is 0. The second kappa shape index (κ2) is 3.97. The molecule has 0 aliphatic rings. The summed E-state index contributed by atoms with van der Waals surface area (Å²) in [4.78, 5) is 21.8. The number of hydrogen-bond acceptors (Lipinski definition) is 5. The molecule has 0 spiro atoms. The van der Waals surface area contributed by atoms with E-state index in [1.54, 1.807) is 0 Å². The van der Waals surface area contributed by atoms with Crippen LogP contribution in [0.3, 0.4) is 0 Å². The molecule has 0 atom stereocenters. The highest BCUT2D eigenvalue weighted by atomic mass is 79.9. The van der Waals surface area contributed by atoms with Crippen LogP contribution in [0, 0.1) is 0 Å². The third-order valence-electron chi connectivity index (χ3n) is 1.71. The zero-order chi connectivity index (χ0) is 11.9. The van der Waals surface area contributed by atoms with Crippen LogP contribution in [-0.4, -0.2) is 14.8 Å². The first-order chi connectivity index (χ1) is 7.38. The van der Waals surface area contributed by atoms with Crippen LogP contribution in [0.1, 0.15) is 0 Å². The molecule has 2 rings (SSSR count). The van der Waals surface area contributed by atoms with Gasteiger partial charge in [-0.3, -0.25) is 4.57 Å². The summed E-state index contributed by atoms with van der Waals surface area (Å²) in [5.41, 5.74) is 5.54. The fraction of sp³-hybridized carbons (Fsp3) is 0. The maximum absolute atomic E-state index is 10.9. The summed E-state index contributed by atoms with van der Waals surface area (Å²) in [5.74, 6) is 0.262. The maximum atomic E-state index is 10.9. The number of furan rings is 1. The first-order valence-corrected chi connectivity index (χ1v) is 7.18. The minimum absolute atomic E-state index is 0.262. The zero-order valence-corrected chi connectivity index (χ0v) is 10.9. The minimum Gasteiger partial charge on any atom is -0.446 e. The van der Waals surface area contributed by atoms with E-state index in [0.29, 0.717) is 14.6 Å². The summed E-state index contributed by atoms with van der Waals surface area (Å²) in [7, 11) is -4.36. The van der Waals surface area contributed by atoms with E-state index in [1.807, 2.05) is 0 Å². The van der Waals surface area contributed by atoms with E-state index in [-0.39, 0.29) is 11.3 Å². The van der Waals surface area contributed by atoms with E-state index in [1.165, 1.54) is 23.5 Å². The van der Waals surface area contributed by atoms with E-state index in [0.717, 1.165) is 0 Å². The first-order valence-electron chi connectivity index (χ1n) is 3.96. The van der Waals surface area contributed by atoms with Crippen molar-refractivity contribution in [3.8, 4) is 11.5 Å². The van der Waals surface area contributed by atoms with Gasteiger partial charge in [-0.15, -0.1) is 0 Å². The molecule has 0 aliphatic carbocycles. The van der Waals surface area contributed by atoms with Crippen molar-refractivity contribution in [3.63, 3.8) is 0 Å². The molecule has 0 bridgehead atoms. The van der Waals surface area contributed by atoms with Gasteiger partial charge in [0.1, 0.15) is 9.48 Å². The van der Waals surface area contributed by atoms with Crippen molar-refractivity contribution in [2.24, 2.45) is 0 Å². The van der Waals surface area contributed by atoms with Crippen LogP contribution in [0.4, 0.5) is 5.13 Å². The van der Waals surface area contributed by atoms with Crippen LogP contribution in [0.25, 0.3) is 11.5 Å². The van der Waals surface area contributed by atoms with Crippen LogP contribution in [0.5, 0.6) is 0 Å². The molecule has 2 aromatic rings. The summed E-state index contributed by atoms with van der Waals surface area (Å²) < 4.78 is 16.6. The highest BCUT2D eigenvalue weighted by Crippen LogP contribution is 2.38. The van der Waals surface area contributed by atoms with Crippen molar-refractivity contribution in [2.75, 3.05) is 5.73 Å². The lowest BCUT2D eigenvalue weighted by Gasteiger charge is -1.97. The number of hydrogen-bond donors (Lipinski definition) is 3. The third-order valence-corrected chi connectivity index (χ3v) is 4.06. The lowest BCUT2D eigenvalue weighted by Crippen LogP contribution is -1.98. The molecule has 0 aromatic carbocycles. The average Bonchev–Trinajstić information content (AvgIpc) is 2.70. The number of aromatic nitrogens is 1. The van der Waals surface area contributed by atoms with E-state index < -0.39 is 7.60 Å². The summed E-state index contributed by atoms with van der Waals surface area (Å²) >= 11 is 4.45. The van der Waals surface area contributed by atoms with Crippen molar-refractivity contribution < 1.29 is 18.8 Å². The maximum Gasteiger partial charge on any atom is 0.391 e. The van der Waals surface area contributed by atoms with Crippen LogP contribution in [0.2, 0.25) is 0 Å². The Balaban J connectivity index is 2.47. The first kappa shape index (κ1) is 11.8. The Morgan fingerprint density at radius 3 is 2.62 bits per heavy atom. The van der Waals surface area contributed by atoms with Gasteiger partial charge in [-0.2, -0.15) is 0 Å². The van der Waals surface area contributed by atoms with E-state index in [4.69, 9.17) is 19.9 Å². The molecule has 0 unspecified atom stereocenters. The summed E-state index contributed by atoms with van der Waals surface area (Å²) in [6.45, 7) is 0. The van der Waals surface area contributed by atoms with Gasteiger partial charge in [-0.25, -0.2) is 4.98 Å². The van der Waals surface area contributed by atoms with E-state index >= 15 is 0 Å². The third kappa shape index (κ3) is 2.21. The predicted molar refractivity (Wildman–Crippen MR) is 63.6 cm³/mol. The standard InChI is InChI=1S/C7H6BrN2O4PS/c8-6-5(10-7(9)16-6)3-1-2-4(14-3)15(11,12)13/h1-2H,(H2,9,10)(H2,11,12,13). The number of halogens is 1. The lowest BCUT2D eigenvalue weighted by molar-refractivity contribution is 0.377. The van der Waals surface area contributed by atoms with Crippen molar-refractivity contribution in [1.82, 2.24) is 4.98 Å². The Kier molecular flexibility index (Phi) is 2.93. The molecule has 16 heavy (non-hydrogen) atoms.